The highest BCUT2D eigenvalue weighted by atomic mass is 16.5. The van der Waals surface area contributed by atoms with Gasteiger partial charge in [-0.25, -0.2) is 9.59 Å². The molecule has 0 amide bonds. The fourth-order valence-corrected chi connectivity index (χ4v) is 8.75. The number of hydrogen-bond donors (Lipinski definition) is 0. The fraction of sp³-hybridized carbons (Fsp3) is 0.857. The predicted octanol–water partition coefficient (Wildman–Crippen LogP) is 16.7. The second kappa shape index (κ2) is 45.6. The first-order chi connectivity index (χ1) is 30.6. The first kappa shape index (κ1) is 58.1. The van der Waals surface area contributed by atoms with E-state index in [0.29, 0.717) is 24.3 Å². The summed E-state index contributed by atoms with van der Waals surface area (Å²) in [6, 6.07) is 7.00. The third-order valence-electron chi connectivity index (χ3n) is 12.9. The Balaban J connectivity index is 2.49. The van der Waals surface area contributed by atoms with Crippen LogP contribution in [0, 0.1) is 0 Å². The standard InChI is InChI=1S/C56H104N2O4/c1-5-9-13-17-21-25-29-35-45-57(46-36-30-26-22-18-14-10-6-2)49-39-41-51-61-55(59)53-43-33-34-44-54(53)56(60)62-52-42-40-50-58(47-37-31-27-23-19-15-11-7-3)48-38-32-28-24-20-16-12-8-4/h33-34,43-44H,5-32,35-42,45-52H2,1-4H3. The Morgan fingerprint density at radius 2 is 0.532 bits per heavy atom. The van der Waals surface area contributed by atoms with Crippen molar-refractivity contribution in [2.24, 2.45) is 0 Å². The van der Waals surface area contributed by atoms with Gasteiger partial charge in [0, 0.05) is 0 Å². The minimum Gasteiger partial charge on any atom is -0.462 e. The van der Waals surface area contributed by atoms with Gasteiger partial charge in [-0.15, -0.1) is 0 Å². The van der Waals surface area contributed by atoms with E-state index in [1.165, 1.54) is 232 Å². The summed E-state index contributed by atoms with van der Waals surface area (Å²) < 4.78 is 11.5. The molecule has 1 aromatic carbocycles. The van der Waals surface area contributed by atoms with Crippen molar-refractivity contribution in [3.63, 3.8) is 0 Å². The van der Waals surface area contributed by atoms with E-state index in [0.717, 1.165) is 38.8 Å². The summed E-state index contributed by atoms with van der Waals surface area (Å²) in [6.45, 7) is 16.7. The number of carbonyl (C=O) groups is 2. The zero-order valence-corrected chi connectivity index (χ0v) is 41.9. The number of esters is 2. The highest BCUT2D eigenvalue weighted by Crippen LogP contribution is 2.16. The van der Waals surface area contributed by atoms with Gasteiger partial charge in [0.05, 0.1) is 24.3 Å². The maximum absolute atomic E-state index is 13.2. The molecule has 0 saturated heterocycles. The van der Waals surface area contributed by atoms with Crippen molar-refractivity contribution in [1.82, 2.24) is 9.80 Å². The van der Waals surface area contributed by atoms with Crippen LogP contribution < -0.4 is 0 Å². The van der Waals surface area contributed by atoms with Crippen LogP contribution in [0.15, 0.2) is 24.3 Å². The van der Waals surface area contributed by atoms with Crippen LogP contribution in [0.25, 0.3) is 0 Å². The highest BCUT2D eigenvalue weighted by Gasteiger charge is 2.19. The number of benzene rings is 1. The zero-order valence-electron chi connectivity index (χ0n) is 41.9. The summed E-state index contributed by atoms with van der Waals surface area (Å²) >= 11 is 0. The summed E-state index contributed by atoms with van der Waals surface area (Å²) in [7, 11) is 0. The maximum Gasteiger partial charge on any atom is 0.339 e. The molecule has 6 nitrogen and oxygen atoms in total. The molecule has 1 aromatic rings. The topological polar surface area (TPSA) is 59.1 Å². The number of hydrogen-bond acceptors (Lipinski definition) is 6. The van der Waals surface area contributed by atoms with Gasteiger partial charge in [-0.05, 0) is 103 Å². The molecule has 0 fully saturated rings. The van der Waals surface area contributed by atoms with E-state index >= 15 is 0 Å². The van der Waals surface area contributed by atoms with Crippen molar-refractivity contribution in [3.8, 4) is 0 Å². The molecular weight excluding hydrogens is 765 g/mol. The van der Waals surface area contributed by atoms with Crippen LogP contribution in [0.1, 0.15) is 280 Å². The van der Waals surface area contributed by atoms with Gasteiger partial charge in [-0.1, -0.05) is 220 Å². The van der Waals surface area contributed by atoms with Crippen LogP contribution in [0.3, 0.4) is 0 Å². The van der Waals surface area contributed by atoms with Gasteiger partial charge in [-0.2, -0.15) is 0 Å². The maximum atomic E-state index is 13.2. The average molecular weight is 869 g/mol. The number of carbonyl (C=O) groups excluding carboxylic acids is 2. The minimum absolute atomic E-state index is 0.311. The largest absolute Gasteiger partial charge is 0.462 e. The van der Waals surface area contributed by atoms with Gasteiger partial charge in [0.15, 0.2) is 0 Å². The number of rotatable bonds is 48. The predicted molar refractivity (Wildman–Crippen MR) is 269 cm³/mol. The van der Waals surface area contributed by atoms with E-state index in [1.54, 1.807) is 24.3 Å². The Bertz CT molecular complexity index is 986. The monoisotopic (exact) mass is 869 g/mol. The van der Waals surface area contributed by atoms with Crippen LogP contribution in [0.5, 0.6) is 0 Å². The van der Waals surface area contributed by atoms with Gasteiger partial charge in [0.1, 0.15) is 0 Å². The number of unbranched alkanes of at least 4 members (excludes halogenated alkanes) is 30. The lowest BCUT2D eigenvalue weighted by molar-refractivity contribution is 0.0448. The first-order valence-corrected chi connectivity index (χ1v) is 27.4. The van der Waals surface area contributed by atoms with Gasteiger partial charge in [0.25, 0.3) is 0 Å². The Labute approximate surface area is 386 Å². The molecule has 0 aliphatic heterocycles. The third kappa shape index (κ3) is 35.4. The van der Waals surface area contributed by atoms with Gasteiger partial charge < -0.3 is 19.3 Å². The van der Waals surface area contributed by atoms with Gasteiger partial charge in [-0.3, -0.25) is 0 Å². The molecular formula is C56H104N2O4. The highest BCUT2D eigenvalue weighted by molar-refractivity contribution is 6.03. The number of nitrogens with zero attached hydrogens (tertiary/aromatic N) is 2. The lowest BCUT2D eigenvalue weighted by Gasteiger charge is -2.22. The van der Waals surface area contributed by atoms with E-state index in [1.807, 2.05) is 0 Å². The molecule has 362 valence electrons. The average Bonchev–Trinajstić information content (AvgIpc) is 3.28. The normalized spacial score (nSPS) is 11.6. The van der Waals surface area contributed by atoms with Crippen LogP contribution in [0.4, 0.5) is 0 Å². The summed E-state index contributed by atoms with van der Waals surface area (Å²) in [4.78, 5) is 31.8. The number of ether oxygens (including phenoxy) is 2. The Kier molecular flexibility index (Phi) is 42.8. The molecule has 0 saturated carbocycles. The Morgan fingerprint density at radius 3 is 0.774 bits per heavy atom. The molecule has 62 heavy (non-hydrogen) atoms. The molecule has 0 bridgehead atoms. The van der Waals surface area contributed by atoms with Gasteiger partial charge >= 0.3 is 11.9 Å². The lowest BCUT2D eigenvalue weighted by Crippen LogP contribution is -2.27. The molecule has 0 heterocycles. The lowest BCUT2D eigenvalue weighted by atomic mass is 10.1. The molecule has 1 rings (SSSR count). The molecule has 0 spiro atoms. The molecule has 6 heteroatoms. The fourth-order valence-electron chi connectivity index (χ4n) is 8.75. The van der Waals surface area contributed by atoms with Crippen molar-refractivity contribution >= 4 is 11.9 Å². The van der Waals surface area contributed by atoms with Gasteiger partial charge in [0.2, 0.25) is 0 Å². The van der Waals surface area contributed by atoms with Crippen molar-refractivity contribution in [1.29, 1.82) is 0 Å². The van der Waals surface area contributed by atoms with Crippen molar-refractivity contribution in [2.75, 3.05) is 52.5 Å². The van der Waals surface area contributed by atoms with E-state index in [-0.39, 0.29) is 0 Å². The SMILES string of the molecule is CCCCCCCCCCN(CCCCCCCCCC)CCCCOC(=O)c1ccccc1C(=O)OCCCCN(CCCCCCCCCC)CCCCCCCCCC. The molecule has 0 unspecified atom stereocenters. The van der Waals surface area contributed by atoms with Crippen molar-refractivity contribution < 1.29 is 19.1 Å². The molecule has 0 aliphatic rings. The third-order valence-corrected chi connectivity index (χ3v) is 12.9. The summed E-state index contributed by atoms with van der Waals surface area (Å²) in [5.41, 5.74) is 0.621. The van der Waals surface area contributed by atoms with Crippen molar-refractivity contribution in [2.45, 2.75) is 259 Å². The molecule has 0 aromatic heterocycles. The van der Waals surface area contributed by atoms with Crippen LogP contribution in [-0.4, -0.2) is 74.2 Å². The first-order valence-electron chi connectivity index (χ1n) is 27.4. The molecule has 0 N–H and O–H groups in total. The minimum atomic E-state index is -0.426. The van der Waals surface area contributed by atoms with Crippen molar-refractivity contribution in [3.05, 3.63) is 35.4 Å². The molecule has 0 aliphatic carbocycles. The van der Waals surface area contributed by atoms with E-state index in [4.69, 9.17) is 9.47 Å². The summed E-state index contributed by atoms with van der Waals surface area (Å²) in [5.74, 6) is -0.852. The second-order valence-corrected chi connectivity index (χ2v) is 18.8. The quantitative estimate of drug-likeness (QED) is 0.0480. The molecule has 0 atom stereocenters. The van der Waals surface area contributed by atoms with Crippen LogP contribution in [-0.2, 0) is 9.47 Å². The van der Waals surface area contributed by atoms with E-state index in [9.17, 15) is 9.59 Å². The second-order valence-electron chi connectivity index (χ2n) is 18.8. The summed E-state index contributed by atoms with van der Waals surface area (Å²) in [5, 5.41) is 0. The van der Waals surface area contributed by atoms with E-state index in [2.05, 4.69) is 37.5 Å². The summed E-state index contributed by atoms with van der Waals surface area (Å²) in [6.07, 6.45) is 46.9. The Morgan fingerprint density at radius 1 is 0.323 bits per heavy atom. The zero-order chi connectivity index (χ0) is 44.8. The van der Waals surface area contributed by atoms with Crippen LogP contribution >= 0.6 is 0 Å². The smallest absolute Gasteiger partial charge is 0.339 e. The van der Waals surface area contributed by atoms with E-state index < -0.39 is 11.9 Å². The van der Waals surface area contributed by atoms with Crippen LogP contribution in [0.2, 0.25) is 0 Å². The molecule has 0 radical (unpaired) electrons. The Hall–Kier alpha value is -1.92.